The van der Waals surface area contributed by atoms with Crippen LogP contribution in [0.4, 0.5) is 0 Å². The van der Waals surface area contributed by atoms with Crippen molar-refractivity contribution in [3.05, 3.63) is 59.7 Å². The van der Waals surface area contributed by atoms with E-state index in [0.29, 0.717) is 16.9 Å². The maximum absolute atomic E-state index is 12.6. The summed E-state index contributed by atoms with van der Waals surface area (Å²) in [5.41, 5.74) is 1.45. The molecule has 0 N–H and O–H groups in total. The Morgan fingerprint density at radius 1 is 0.679 bits per heavy atom. The van der Waals surface area contributed by atoms with Crippen LogP contribution in [0, 0.1) is 0 Å². The molecule has 0 aliphatic heterocycles. The molecular weight excluding hydrogens is 352 g/mol. The molecule has 0 radical (unpaired) electrons. The van der Waals surface area contributed by atoms with Gasteiger partial charge in [0.15, 0.2) is 0 Å². The first-order valence-electron chi connectivity index (χ1n) is 10.1. The Hall–Kier alpha value is -2.88. The molecule has 0 spiro atoms. The van der Waals surface area contributed by atoms with Crippen molar-refractivity contribution < 1.29 is 19.1 Å². The average Bonchev–Trinajstić information content (AvgIpc) is 2.75. The van der Waals surface area contributed by atoms with Crippen molar-refractivity contribution in [3.63, 3.8) is 0 Å². The lowest BCUT2D eigenvalue weighted by Gasteiger charge is -2.16. The van der Waals surface area contributed by atoms with E-state index in [1.807, 2.05) is 36.4 Å². The van der Waals surface area contributed by atoms with E-state index in [1.165, 1.54) is 0 Å². The molecule has 0 bridgehead atoms. The maximum atomic E-state index is 12.6. The lowest BCUT2D eigenvalue weighted by atomic mass is 10.00. The van der Waals surface area contributed by atoms with Crippen LogP contribution in [0.3, 0.4) is 0 Å². The van der Waals surface area contributed by atoms with Crippen LogP contribution in [0.15, 0.2) is 59.7 Å². The molecule has 0 unspecified atom stereocenters. The highest BCUT2D eigenvalue weighted by molar-refractivity contribution is 6.00. The molecule has 2 aliphatic carbocycles. The summed E-state index contributed by atoms with van der Waals surface area (Å²) >= 11 is 0. The van der Waals surface area contributed by atoms with Crippen molar-refractivity contribution in [3.8, 4) is 11.5 Å². The number of hydrogen-bond acceptors (Lipinski definition) is 4. The number of fused-ring (bicyclic) bond motifs is 1. The van der Waals surface area contributed by atoms with Crippen LogP contribution in [-0.2, 0) is 9.59 Å². The third-order valence-electron chi connectivity index (χ3n) is 5.34. The minimum Gasteiger partial charge on any atom is -0.422 e. The summed E-state index contributed by atoms with van der Waals surface area (Å²) < 4.78 is 11.4. The van der Waals surface area contributed by atoms with Crippen LogP contribution in [0.2, 0.25) is 0 Å². The highest BCUT2D eigenvalue weighted by Gasteiger charge is 2.20. The number of carbonyl (C=O) groups excluding carboxylic acids is 2. The van der Waals surface area contributed by atoms with Gasteiger partial charge in [0, 0.05) is 11.1 Å². The Kier molecular flexibility index (Phi) is 5.56. The predicted octanol–water partition coefficient (Wildman–Crippen LogP) is 5.65. The summed E-state index contributed by atoms with van der Waals surface area (Å²) in [5, 5.41) is 1.52. The van der Waals surface area contributed by atoms with E-state index in [1.54, 1.807) is 12.1 Å². The molecule has 4 nitrogen and oxygen atoms in total. The van der Waals surface area contributed by atoms with Gasteiger partial charge in [-0.05, 0) is 68.9 Å². The van der Waals surface area contributed by atoms with Crippen molar-refractivity contribution in [1.29, 1.82) is 0 Å². The third kappa shape index (κ3) is 4.01. The first-order chi connectivity index (χ1) is 13.7. The zero-order chi connectivity index (χ0) is 19.3. The van der Waals surface area contributed by atoms with E-state index in [-0.39, 0.29) is 11.9 Å². The van der Waals surface area contributed by atoms with Crippen molar-refractivity contribution in [1.82, 2.24) is 0 Å². The van der Waals surface area contributed by atoms with E-state index in [4.69, 9.17) is 9.47 Å². The van der Waals surface area contributed by atoms with Crippen molar-refractivity contribution in [2.75, 3.05) is 0 Å². The van der Waals surface area contributed by atoms with Crippen LogP contribution in [0.5, 0.6) is 11.5 Å². The molecular formula is C24H24O4. The summed E-state index contributed by atoms with van der Waals surface area (Å²) in [7, 11) is 0. The Labute approximate surface area is 164 Å². The number of esters is 2. The zero-order valence-electron chi connectivity index (χ0n) is 15.9. The maximum Gasteiger partial charge on any atom is 0.339 e. The van der Waals surface area contributed by atoms with Crippen LogP contribution < -0.4 is 9.47 Å². The van der Waals surface area contributed by atoms with Crippen molar-refractivity contribution in [2.24, 2.45) is 0 Å². The third-order valence-corrected chi connectivity index (χ3v) is 5.34. The normalized spacial score (nSPS) is 16.9. The van der Waals surface area contributed by atoms with Crippen molar-refractivity contribution in [2.45, 2.75) is 51.4 Å². The van der Waals surface area contributed by atoms with E-state index in [9.17, 15) is 9.59 Å². The molecule has 0 fully saturated rings. The Morgan fingerprint density at radius 3 is 1.61 bits per heavy atom. The molecule has 2 aromatic rings. The van der Waals surface area contributed by atoms with Crippen molar-refractivity contribution >= 4 is 22.7 Å². The van der Waals surface area contributed by atoms with E-state index >= 15 is 0 Å². The summed E-state index contributed by atoms with van der Waals surface area (Å²) in [6.07, 6.45) is 11.5. The van der Waals surface area contributed by atoms with Gasteiger partial charge < -0.3 is 9.47 Å². The number of hydrogen-bond donors (Lipinski definition) is 0. The van der Waals surface area contributed by atoms with Gasteiger partial charge in [-0.1, -0.05) is 36.4 Å². The van der Waals surface area contributed by atoms with Crippen LogP contribution >= 0.6 is 0 Å². The first-order valence-corrected chi connectivity index (χ1v) is 10.1. The molecule has 0 aromatic heterocycles. The fourth-order valence-electron chi connectivity index (χ4n) is 3.82. The lowest BCUT2D eigenvalue weighted by Crippen LogP contribution is -2.15. The SMILES string of the molecule is O=C(Oc1cccc2cccc(OC(=O)C3=CCCCC3)c12)C1=CCCCC1. The van der Waals surface area contributed by atoms with Gasteiger partial charge in [0.05, 0.1) is 5.39 Å². The number of carbonyl (C=O) groups is 2. The Bertz CT molecular complexity index is 893. The van der Waals surface area contributed by atoms with Gasteiger partial charge >= 0.3 is 11.9 Å². The molecule has 4 heteroatoms. The monoisotopic (exact) mass is 376 g/mol. The molecule has 4 rings (SSSR count). The fourth-order valence-corrected chi connectivity index (χ4v) is 3.82. The van der Waals surface area contributed by atoms with E-state index in [0.717, 1.165) is 67.9 Å². The van der Waals surface area contributed by atoms with Crippen LogP contribution in [0.25, 0.3) is 10.8 Å². The van der Waals surface area contributed by atoms with E-state index in [2.05, 4.69) is 0 Å². The molecule has 2 aliphatic rings. The number of ether oxygens (including phenoxy) is 2. The molecule has 2 aromatic carbocycles. The quantitative estimate of drug-likeness (QED) is 0.511. The fraction of sp³-hybridized carbons (Fsp3) is 0.333. The molecule has 28 heavy (non-hydrogen) atoms. The number of rotatable bonds is 4. The first kappa shape index (κ1) is 18.5. The Morgan fingerprint density at radius 2 is 1.18 bits per heavy atom. The molecule has 0 amide bonds. The molecule has 0 atom stereocenters. The molecule has 0 saturated heterocycles. The zero-order valence-corrected chi connectivity index (χ0v) is 15.9. The molecule has 144 valence electrons. The summed E-state index contributed by atoms with van der Waals surface area (Å²) in [5.74, 6) is 0.219. The van der Waals surface area contributed by atoms with E-state index < -0.39 is 0 Å². The second kappa shape index (κ2) is 8.42. The summed E-state index contributed by atoms with van der Waals surface area (Å²) in [6, 6.07) is 11.0. The van der Waals surface area contributed by atoms with Gasteiger partial charge in [0.25, 0.3) is 0 Å². The average molecular weight is 376 g/mol. The van der Waals surface area contributed by atoms with Gasteiger partial charge in [-0.25, -0.2) is 9.59 Å². The summed E-state index contributed by atoms with van der Waals surface area (Å²) in [4.78, 5) is 25.2. The van der Waals surface area contributed by atoms with Gasteiger partial charge in [-0.15, -0.1) is 0 Å². The number of benzene rings is 2. The Balaban J connectivity index is 1.64. The highest BCUT2D eigenvalue weighted by atomic mass is 16.5. The smallest absolute Gasteiger partial charge is 0.339 e. The lowest BCUT2D eigenvalue weighted by molar-refractivity contribution is -0.130. The molecule has 0 heterocycles. The second-order valence-corrected chi connectivity index (χ2v) is 7.34. The highest BCUT2D eigenvalue weighted by Crippen LogP contribution is 2.35. The van der Waals surface area contributed by atoms with Gasteiger partial charge in [-0.3, -0.25) is 0 Å². The minimum atomic E-state index is -0.316. The largest absolute Gasteiger partial charge is 0.422 e. The van der Waals surface area contributed by atoms with Gasteiger partial charge in [0.1, 0.15) is 11.5 Å². The van der Waals surface area contributed by atoms with Gasteiger partial charge in [-0.2, -0.15) is 0 Å². The van der Waals surface area contributed by atoms with Gasteiger partial charge in [0.2, 0.25) is 0 Å². The van der Waals surface area contributed by atoms with Crippen LogP contribution in [-0.4, -0.2) is 11.9 Å². The second-order valence-electron chi connectivity index (χ2n) is 7.34. The summed E-state index contributed by atoms with van der Waals surface area (Å²) in [6.45, 7) is 0. The minimum absolute atomic E-state index is 0.316. The standard InChI is InChI=1S/C24H24O4/c25-23(18-9-3-1-4-10-18)27-20-15-7-13-17-14-8-16-21(22(17)20)28-24(26)19-11-5-2-6-12-19/h7-9,11,13-16H,1-6,10,12H2. The topological polar surface area (TPSA) is 52.6 Å². The number of allylic oxidation sites excluding steroid dienone is 2. The van der Waals surface area contributed by atoms with Crippen LogP contribution in [0.1, 0.15) is 51.4 Å². The predicted molar refractivity (Wildman–Crippen MR) is 108 cm³/mol. The molecule has 0 saturated carbocycles.